The second kappa shape index (κ2) is 7.64. The van der Waals surface area contributed by atoms with Crippen LogP contribution in [0.15, 0.2) is 77.2 Å². The van der Waals surface area contributed by atoms with E-state index >= 15 is 0 Å². The van der Waals surface area contributed by atoms with Gasteiger partial charge in [-0.1, -0.05) is 48.5 Å². The molecule has 0 bridgehead atoms. The molecule has 2 N–H and O–H groups in total. The summed E-state index contributed by atoms with van der Waals surface area (Å²) in [5, 5.41) is 6.13. The Morgan fingerprint density at radius 1 is 0.793 bits per heavy atom. The summed E-state index contributed by atoms with van der Waals surface area (Å²) in [6.07, 6.45) is 0. The molecular formula is C24H20N2O3. The van der Waals surface area contributed by atoms with Crippen LogP contribution in [0.3, 0.4) is 0 Å². The van der Waals surface area contributed by atoms with Gasteiger partial charge in [-0.05, 0) is 42.3 Å². The normalized spacial score (nSPS) is 10.7. The topological polar surface area (TPSA) is 71.3 Å². The van der Waals surface area contributed by atoms with Gasteiger partial charge in [0.1, 0.15) is 5.58 Å². The van der Waals surface area contributed by atoms with Crippen LogP contribution in [0.2, 0.25) is 0 Å². The fourth-order valence-corrected chi connectivity index (χ4v) is 3.41. The van der Waals surface area contributed by atoms with Crippen molar-refractivity contribution in [3.05, 3.63) is 89.7 Å². The summed E-state index contributed by atoms with van der Waals surface area (Å²) in [6, 6.07) is 22.9. The third kappa shape index (κ3) is 3.50. The molecule has 0 fully saturated rings. The Bertz CT molecular complexity index is 1190. The highest BCUT2D eigenvalue weighted by molar-refractivity contribution is 6.12. The van der Waals surface area contributed by atoms with E-state index in [1.807, 2.05) is 54.6 Å². The molecule has 2 amide bonds. The molecule has 0 unspecified atom stereocenters. The molecule has 144 valence electrons. The number of fused-ring (bicyclic) bond motifs is 1. The zero-order valence-electron chi connectivity index (χ0n) is 16.2. The molecule has 0 aliphatic carbocycles. The van der Waals surface area contributed by atoms with Crippen molar-refractivity contribution in [1.29, 1.82) is 0 Å². The minimum absolute atomic E-state index is 0.198. The van der Waals surface area contributed by atoms with E-state index < -0.39 is 0 Å². The molecule has 0 saturated heterocycles. The molecule has 3 aromatic carbocycles. The molecule has 4 rings (SSSR count). The minimum Gasteiger partial charge on any atom is -0.451 e. The van der Waals surface area contributed by atoms with Crippen molar-refractivity contribution < 1.29 is 14.0 Å². The molecule has 0 spiro atoms. The van der Waals surface area contributed by atoms with Gasteiger partial charge in [0.2, 0.25) is 0 Å². The lowest BCUT2D eigenvalue weighted by molar-refractivity contribution is 0.0963. The van der Waals surface area contributed by atoms with Crippen molar-refractivity contribution in [2.24, 2.45) is 0 Å². The molecule has 0 saturated carbocycles. The van der Waals surface area contributed by atoms with Gasteiger partial charge in [0.15, 0.2) is 5.76 Å². The molecule has 0 aliphatic heterocycles. The average Bonchev–Trinajstić information content (AvgIpc) is 3.11. The zero-order chi connectivity index (χ0) is 20.4. The van der Waals surface area contributed by atoms with Crippen molar-refractivity contribution in [3.8, 4) is 11.1 Å². The quantitative estimate of drug-likeness (QED) is 0.519. The van der Waals surface area contributed by atoms with E-state index in [4.69, 9.17) is 4.42 Å². The highest BCUT2D eigenvalue weighted by Crippen LogP contribution is 2.29. The minimum atomic E-state index is -0.353. The Hall–Kier alpha value is -3.86. The van der Waals surface area contributed by atoms with E-state index in [1.165, 1.54) is 0 Å². The maximum Gasteiger partial charge on any atom is 0.291 e. The maximum absolute atomic E-state index is 12.8. The Labute approximate surface area is 168 Å². The molecule has 5 heteroatoms. The second-order valence-electron chi connectivity index (χ2n) is 6.71. The van der Waals surface area contributed by atoms with Gasteiger partial charge < -0.3 is 15.1 Å². The van der Waals surface area contributed by atoms with Crippen LogP contribution in [0.4, 0.5) is 5.69 Å². The van der Waals surface area contributed by atoms with Gasteiger partial charge in [-0.2, -0.15) is 0 Å². The highest BCUT2D eigenvalue weighted by atomic mass is 16.3. The molecule has 5 nitrogen and oxygen atoms in total. The lowest BCUT2D eigenvalue weighted by Crippen LogP contribution is -2.18. The zero-order valence-corrected chi connectivity index (χ0v) is 16.2. The van der Waals surface area contributed by atoms with Crippen LogP contribution in [-0.2, 0) is 0 Å². The summed E-state index contributed by atoms with van der Waals surface area (Å²) in [5.41, 5.74) is 4.48. The molecule has 0 radical (unpaired) electrons. The lowest BCUT2D eigenvalue weighted by atomic mass is 10.0. The van der Waals surface area contributed by atoms with E-state index in [9.17, 15) is 9.59 Å². The number of rotatable bonds is 4. The number of amides is 2. The molecule has 0 atom stereocenters. The van der Waals surface area contributed by atoms with Gasteiger partial charge in [0.25, 0.3) is 11.8 Å². The van der Waals surface area contributed by atoms with E-state index in [2.05, 4.69) is 10.6 Å². The van der Waals surface area contributed by atoms with Crippen LogP contribution in [0.25, 0.3) is 22.1 Å². The number of hydrogen-bond donors (Lipinski definition) is 2. The smallest absolute Gasteiger partial charge is 0.291 e. The molecule has 4 aromatic rings. The van der Waals surface area contributed by atoms with Crippen molar-refractivity contribution in [3.63, 3.8) is 0 Å². The lowest BCUT2D eigenvalue weighted by Gasteiger charge is -2.06. The second-order valence-corrected chi connectivity index (χ2v) is 6.71. The van der Waals surface area contributed by atoms with Gasteiger partial charge in [-0.3, -0.25) is 9.59 Å². The highest BCUT2D eigenvalue weighted by Gasteiger charge is 2.21. The SMILES string of the molecule is CNC(=O)c1cccc2oc(C(=O)Nc3ccc(-c4ccccc4)cc3)c(C)c12. The number of furan rings is 1. The van der Waals surface area contributed by atoms with Gasteiger partial charge in [0, 0.05) is 23.7 Å². The van der Waals surface area contributed by atoms with Crippen LogP contribution >= 0.6 is 0 Å². The molecule has 29 heavy (non-hydrogen) atoms. The van der Waals surface area contributed by atoms with Gasteiger partial charge >= 0.3 is 0 Å². The first-order chi connectivity index (χ1) is 14.1. The Kier molecular flexibility index (Phi) is 4.87. The van der Waals surface area contributed by atoms with E-state index in [0.29, 0.717) is 27.8 Å². The molecular weight excluding hydrogens is 364 g/mol. The van der Waals surface area contributed by atoms with Crippen LogP contribution < -0.4 is 10.6 Å². The first-order valence-corrected chi connectivity index (χ1v) is 9.29. The Morgan fingerprint density at radius 2 is 1.48 bits per heavy atom. The van der Waals surface area contributed by atoms with Gasteiger partial charge in [-0.15, -0.1) is 0 Å². The van der Waals surface area contributed by atoms with Crippen LogP contribution in [0.1, 0.15) is 26.5 Å². The molecule has 1 heterocycles. The maximum atomic E-state index is 12.8. The number of benzene rings is 3. The summed E-state index contributed by atoms with van der Waals surface area (Å²) < 4.78 is 5.77. The molecule has 0 aliphatic rings. The third-order valence-corrected chi connectivity index (χ3v) is 4.88. The largest absolute Gasteiger partial charge is 0.451 e. The Morgan fingerprint density at radius 3 is 2.17 bits per heavy atom. The standard InChI is InChI=1S/C24H20N2O3/c1-15-21-19(23(27)25-2)9-6-10-20(21)29-22(15)24(28)26-18-13-11-17(12-14-18)16-7-4-3-5-8-16/h3-14H,1-2H3,(H,25,27)(H,26,28). The van der Waals surface area contributed by atoms with E-state index in [1.54, 1.807) is 32.2 Å². The first kappa shape index (κ1) is 18.5. The number of anilines is 1. The number of hydrogen-bond acceptors (Lipinski definition) is 3. The van der Waals surface area contributed by atoms with Crippen LogP contribution in [0, 0.1) is 6.92 Å². The summed E-state index contributed by atoms with van der Waals surface area (Å²) in [7, 11) is 1.57. The number of carbonyl (C=O) groups is 2. The monoisotopic (exact) mass is 384 g/mol. The predicted molar refractivity (Wildman–Crippen MR) is 114 cm³/mol. The van der Waals surface area contributed by atoms with Crippen LogP contribution in [-0.4, -0.2) is 18.9 Å². The average molecular weight is 384 g/mol. The Balaban J connectivity index is 1.61. The summed E-state index contributed by atoms with van der Waals surface area (Å²) in [6.45, 7) is 1.78. The summed E-state index contributed by atoms with van der Waals surface area (Å²) in [5.74, 6) is -0.375. The third-order valence-electron chi connectivity index (χ3n) is 4.88. The summed E-state index contributed by atoms with van der Waals surface area (Å²) >= 11 is 0. The fraction of sp³-hybridized carbons (Fsp3) is 0.0833. The van der Waals surface area contributed by atoms with Crippen molar-refractivity contribution in [2.45, 2.75) is 6.92 Å². The van der Waals surface area contributed by atoms with Crippen molar-refractivity contribution in [2.75, 3.05) is 12.4 Å². The van der Waals surface area contributed by atoms with Crippen molar-refractivity contribution in [1.82, 2.24) is 5.32 Å². The number of nitrogens with one attached hydrogen (secondary N) is 2. The van der Waals surface area contributed by atoms with E-state index in [-0.39, 0.29) is 17.6 Å². The van der Waals surface area contributed by atoms with Crippen LogP contribution in [0.5, 0.6) is 0 Å². The first-order valence-electron chi connectivity index (χ1n) is 9.29. The van der Waals surface area contributed by atoms with Gasteiger partial charge in [-0.25, -0.2) is 0 Å². The predicted octanol–water partition coefficient (Wildman–Crippen LogP) is 5.02. The summed E-state index contributed by atoms with van der Waals surface area (Å²) in [4.78, 5) is 25.0. The van der Waals surface area contributed by atoms with Gasteiger partial charge in [0.05, 0.1) is 5.56 Å². The van der Waals surface area contributed by atoms with Crippen molar-refractivity contribution >= 4 is 28.5 Å². The van der Waals surface area contributed by atoms with E-state index in [0.717, 1.165) is 11.1 Å². The number of carbonyl (C=O) groups excluding carboxylic acids is 2. The fourth-order valence-electron chi connectivity index (χ4n) is 3.41. The molecule has 1 aromatic heterocycles. The number of aryl methyl sites for hydroxylation is 1.